The van der Waals surface area contributed by atoms with Crippen LogP contribution in [-0.4, -0.2) is 337 Å². The minimum absolute atomic E-state index is 0.00721. The maximum Gasteiger partial charge on any atom is 0.315 e. The van der Waals surface area contributed by atoms with Gasteiger partial charge in [0.1, 0.15) is 90.6 Å². The van der Waals surface area contributed by atoms with Gasteiger partial charge in [0.25, 0.3) is 0 Å². The Morgan fingerprint density at radius 1 is 0.518 bits per heavy atom. The third-order valence-corrected chi connectivity index (χ3v) is 27.3. The maximum absolute atomic E-state index is 15.2. The minimum Gasteiger partial charge on any atom is -0.391 e. The fraction of sp³-hybridized carbons (Fsp3) is 0.739. The zero-order valence-electron chi connectivity index (χ0n) is 80.1. The third-order valence-electron chi connectivity index (χ3n) is 25.2. The van der Waals surface area contributed by atoms with Crippen LogP contribution in [0.4, 0.5) is 4.79 Å². The number of aliphatic imine (C=N–C) groups is 1. The molecule has 137 heavy (non-hydrogen) atoms. The van der Waals surface area contributed by atoms with E-state index in [0.29, 0.717) is 76.4 Å². The van der Waals surface area contributed by atoms with Crippen molar-refractivity contribution in [2.45, 2.75) is 336 Å². The Balaban J connectivity index is 0.961. The summed E-state index contributed by atoms with van der Waals surface area (Å²) in [5.74, 6) is -13.3. The van der Waals surface area contributed by atoms with Crippen molar-refractivity contribution in [3.05, 3.63) is 18.2 Å². The summed E-state index contributed by atoms with van der Waals surface area (Å²) < 4.78 is 0. The number of aromatic amines is 1. The Labute approximate surface area is 807 Å². The van der Waals surface area contributed by atoms with Gasteiger partial charge in [0, 0.05) is 81.4 Å². The first-order valence-electron chi connectivity index (χ1n) is 47.8. The summed E-state index contributed by atoms with van der Waals surface area (Å²) in [6.07, 6.45) is 8.41. The average Bonchev–Trinajstić information content (AvgIpc) is 1.69. The Bertz CT molecular complexity index is 4360. The molecule has 28 N–H and O–H groups in total. The molecule has 766 valence electrons. The van der Waals surface area contributed by atoms with Crippen molar-refractivity contribution >= 4 is 142 Å². The van der Waals surface area contributed by atoms with E-state index < -0.39 is 209 Å². The number of hydrogen-bond donors (Lipinski definition) is 22. The summed E-state index contributed by atoms with van der Waals surface area (Å²) in [5, 5.41) is 49.6. The number of urea groups is 1. The lowest BCUT2D eigenvalue weighted by Crippen LogP contribution is -2.62. The van der Waals surface area contributed by atoms with Crippen LogP contribution in [0.1, 0.15) is 215 Å². The van der Waals surface area contributed by atoms with Gasteiger partial charge >= 0.3 is 6.03 Å². The number of aromatic nitrogens is 2. The molecule has 20 amide bonds. The predicted molar refractivity (Wildman–Crippen MR) is 508 cm³/mol. The average molecular weight is 1970 g/mol. The van der Waals surface area contributed by atoms with E-state index in [4.69, 9.17) is 34.4 Å². The number of nitrogens with one attached hydrogen (secondary N) is 15. The second-order valence-corrected chi connectivity index (χ2v) is 39.2. The number of nitrogens with two attached hydrogens (primary N) is 6. The minimum atomic E-state index is -1.79. The molecule has 0 aliphatic carbocycles. The van der Waals surface area contributed by atoms with Gasteiger partial charge in [0.05, 0.1) is 30.6 Å². The number of unbranched alkanes of at least 4 members (excludes halogenated alkanes) is 3. The molecule has 1 aromatic heterocycles. The molecule has 49 heteroatoms. The van der Waals surface area contributed by atoms with Crippen LogP contribution in [0, 0.1) is 11.8 Å². The lowest BCUT2D eigenvalue weighted by atomic mass is 10.0. The monoisotopic (exact) mass is 1970 g/mol. The van der Waals surface area contributed by atoms with Gasteiger partial charge < -0.3 is 139 Å². The second kappa shape index (κ2) is 56.0. The Morgan fingerprint density at radius 3 is 1.52 bits per heavy atom. The van der Waals surface area contributed by atoms with Gasteiger partial charge in [-0.1, -0.05) is 34.1 Å². The highest BCUT2D eigenvalue weighted by atomic mass is 32.2. The molecule has 0 radical (unpaired) electrons. The number of amides is 20. The standard InChI is InChI=1S/C88H147N27O20S2/c1-46(2)41-58(106-74(122)49(6)99-72(120)48(5)90)85(133)114-38-19-26-63(114)79(127)102-54(23-16-35-97-87(93)94)75(123)110-69(51(8)116)82(130)103-55(32-40-136-9)76(124)109-68(47(3)4)81(129)107-59(42-52-43-95-45-98-52)86(134)115-39-20-27-64(115)80(128)105-56(22-12-14-33-89)83(131)112-36-17-24-61(112)77(125)100-50(7)73(121)104-57(30-31-66(91)117)84(132)113-37-18-25-62(113)78(126)101-53(71(92)119)21-13-15-34-96-67(118)29-11-10-28-65-70-60(44-137-65)108-88(135)111-70/h43,45-51,53-65,68-70,116H,10-42,44,89-90H2,1-9H3,(H2,91,117)(H2,92,119)(H,95,98)(H,96,118)(H,99,120)(H,100,125)(H,101,126)(H,102,127)(H,103,130)(H,104,121)(H,105,128)(H,106,122)(H,107,129)(H,109,124)(H,110,123)(H4,93,94,97)(H2,108,111,135)/t48-,49-,50-,51-,53-,54-,55-,56-,57-,58-,59-,60-,61-,62-,63-,64-,65-,68-,69-,70-/m0/s1. The van der Waals surface area contributed by atoms with Gasteiger partial charge in [0.2, 0.25) is 106 Å². The van der Waals surface area contributed by atoms with Crippen molar-refractivity contribution < 1.29 is 96.2 Å². The number of imidazole rings is 1. The molecule has 0 unspecified atom stereocenters. The molecular formula is C88H147N27O20S2. The van der Waals surface area contributed by atoms with Gasteiger partial charge in [-0.05, 0) is 193 Å². The van der Waals surface area contributed by atoms with Crippen molar-refractivity contribution in [1.82, 2.24) is 104 Å². The van der Waals surface area contributed by atoms with Crippen molar-refractivity contribution in [1.29, 1.82) is 0 Å². The highest BCUT2D eigenvalue weighted by Crippen LogP contribution is 2.34. The number of fused-ring (bicyclic) bond motifs is 1. The SMILES string of the molecule is CSCC[C@H](NC(=O)[C@@H](NC(=O)[C@H](CCCN=C(N)N)NC(=O)[C@@H]1CCCN1C(=O)[C@H](CC(C)C)NC(=O)[C@H](C)NC(=O)[C@H](C)N)[C@H](C)O)C(=O)N[C@H](C(=O)N[C@@H](Cc1cnc[nH]1)C(=O)N1CCC[C@H]1C(=O)N[C@@H](CCCCN)C(=O)N1CCC[C@H]1C(=O)N[C@@H](C)C(=O)N[C@@H](CCC(N)=O)C(=O)N1CCC[C@H]1C(=O)N[C@@H](CCCCNC(=O)CCCC[C@@H]1SC[C@@H]2NC(=O)N[C@@H]21)C(N)=O)C(C)C. The van der Waals surface area contributed by atoms with Crippen molar-refractivity contribution in [2.75, 3.05) is 63.6 Å². The molecule has 0 spiro atoms. The summed E-state index contributed by atoms with van der Waals surface area (Å²) >= 11 is 3.12. The Kier molecular flexibility index (Phi) is 46.1. The highest BCUT2D eigenvalue weighted by molar-refractivity contribution is 8.00. The summed E-state index contributed by atoms with van der Waals surface area (Å²) in [6, 6.07) is -20.5. The van der Waals surface area contributed by atoms with Crippen LogP contribution >= 0.6 is 23.5 Å². The first-order chi connectivity index (χ1) is 65.0. The number of nitrogens with zero attached hydrogens (tertiary/aromatic N) is 6. The number of rotatable bonds is 57. The van der Waals surface area contributed by atoms with Crippen LogP contribution in [0.3, 0.4) is 0 Å². The van der Waals surface area contributed by atoms with E-state index in [1.54, 1.807) is 20.1 Å². The van der Waals surface area contributed by atoms with Gasteiger partial charge in [-0.3, -0.25) is 91.3 Å². The predicted octanol–water partition coefficient (Wildman–Crippen LogP) is -5.58. The number of hydrogen-bond acceptors (Lipinski definition) is 26. The number of likely N-dealkylation sites (tertiary alicyclic amines) is 4. The van der Waals surface area contributed by atoms with Gasteiger partial charge in [-0.25, -0.2) is 9.78 Å². The normalized spacial score (nSPS) is 21.2. The molecular weight excluding hydrogens is 1820 g/mol. The molecule has 6 saturated heterocycles. The van der Waals surface area contributed by atoms with Crippen LogP contribution in [0.15, 0.2) is 17.5 Å². The number of thioether (sulfide) groups is 2. The van der Waals surface area contributed by atoms with E-state index in [2.05, 4.69) is 89.4 Å². The largest absolute Gasteiger partial charge is 0.391 e. The van der Waals surface area contributed by atoms with E-state index in [9.17, 15) is 91.4 Å². The molecule has 1 aromatic rings. The smallest absolute Gasteiger partial charge is 0.315 e. The summed E-state index contributed by atoms with van der Waals surface area (Å²) in [4.78, 5) is 281. The van der Waals surface area contributed by atoms with E-state index >= 15 is 4.79 Å². The number of carbonyl (C=O) groups is 19. The number of aliphatic hydroxyl groups is 1. The molecule has 6 aliphatic rings. The van der Waals surface area contributed by atoms with E-state index in [0.717, 1.165) is 18.6 Å². The lowest BCUT2D eigenvalue weighted by Gasteiger charge is -2.33. The van der Waals surface area contributed by atoms with Gasteiger partial charge in [-0.2, -0.15) is 23.5 Å². The number of aliphatic hydroxyl groups excluding tert-OH is 1. The summed E-state index contributed by atoms with van der Waals surface area (Å²) in [7, 11) is 0. The van der Waals surface area contributed by atoms with Crippen molar-refractivity contribution in [3.8, 4) is 0 Å². The Hall–Kier alpha value is -11.2. The molecule has 20 atom stereocenters. The molecule has 7 heterocycles. The summed E-state index contributed by atoms with van der Waals surface area (Å²) in [6.45, 7) is 13.1. The fourth-order valence-electron chi connectivity index (χ4n) is 17.6. The van der Waals surface area contributed by atoms with Crippen LogP contribution in [0.2, 0.25) is 0 Å². The summed E-state index contributed by atoms with van der Waals surface area (Å²) in [5.41, 5.74) is 34.5. The topological polar surface area (TPSA) is 723 Å². The first-order valence-corrected chi connectivity index (χ1v) is 50.2. The van der Waals surface area contributed by atoms with Crippen molar-refractivity contribution in [3.63, 3.8) is 0 Å². The van der Waals surface area contributed by atoms with Gasteiger partial charge in [-0.15, -0.1) is 0 Å². The van der Waals surface area contributed by atoms with E-state index in [1.165, 1.54) is 71.6 Å². The molecule has 0 aromatic carbocycles. The van der Waals surface area contributed by atoms with Crippen LogP contribution in [0.5, 0.6) is 0 Å². The number of guanidine groups is 1. The molecule has 6 aliphatic heterocycles. The zero-order chi connectivity index (χ0) is 101. The fourth-order valence-corrected chi connectivity index (χ4v) is 19.6. The van der Waals surface area contributed by atoms with Crippen LogP contribution in [0.25, 0.3) is 0 Å². The molecule has 7 rings (SSSR count). The quantitative estimate of drug-likeness (QED) is 0.0125. The van der Waals surface area contributed by atoms with Crippen LogP contribution in [-0.2, 0) is 92.7 Å². The first kappa shape index (κ1) is 113. The highest BCUT2D eigenvalue weighted by Gasteiger charge is 2.48. The van der Waals surface area contributed by atoms with E-state index in [-0.39, 0.29) is 170 Å². The van der Waals surface area contributed by atoms with E-state index in [1.807, 2.05) is 25.6 Å². The lowest BCUT2D eigenvalue weighted by molar-refractivity contribution is -0.145. The molecule has 0 saturated carbocycles. The number of H-pyrrole nitrogens is 1. The zero-order valence-corrected chi connectivity index (χ0v) is 81.7. The number of primary amides is 2. The molecule has 0 bridgehead atoms. The van der Waals surface area contributed by atoms with Gasteiger partial charge in [0.15, 0.2) is 5.96 Å². The second-order valence-electron chi connectivity index (χ2n) is 36.9. The van der Waals surface area contributed by atoms with Crippen molar-refractivity contribution in [2.24, 2.45) is 51.2 Å². The molecule has 47 nitrogen and oxygen atoms in total. The maximum atomic E-state index is 15.2. The van der Waals surface area contributed by atoms with Crippen LogP contribution < -0.4 is 109 Å². The Morgan fingerprint density at radius 2 is 1.00 bits per heavy atom. The third kappa shape index (κ3) is 34.7. The number of carbonyl (C=O) groups excluding carboxylic acids is 19. The molecule has 6 fully saturated rings.